The Morgan fingerprint density at radius 3 is 2.59 bits per heavy atom. The van der Waals surface area contributed by atoms with Gasteiger partial charge in [0.25, 0.3) is 0 Å². The molecule has 2 fully saturated rings. The second-order valence-electron chi connectivity index (χ2n) is 7.84. The number of amides is 2. The Balaban J connectivity index is 1.59. The van der Waals surface area contributed by atoms with Crippen LogP contribution in [0.4, 0.5) is 18.9 Å². The third kappa shape index (κ3) is 3.96. The molecule has 0 saturated carbocycles. The van der Waals surface area contributed by atoms with E-state index < -0.39 is 23.6 Å². The second kappa shape index (κ2) is 7.91. The normalized spacial score (nSPS) is 26.7. The maximum Gasteiger partial charge on any atom is 0.416 e. The van der Waals surface area contributed by atoms with Crippen molar-refractivity contribution < 1.29 is 32.4 Å². The van der Waals surface area contributed by atoms with Crippen LogP contribution in [0.2, 0.25) is 0 Å². The standard InChI is InChI=1S/C21H23F3N2O3/c22-21(23,24)14-4-3-5-15(12-14)26-19(27)13-17(20(26)28)16-6-1-2-7-18(16)25-8-10-29-11-9-25/h3-5,7,12,16-17H,1-2,6,8-11,13H2/p+1/t16-,17+/m0/s1. The van der Waals surface area contributed by atoms with E-state index in [0.29, 0.717) is 13.2 Å². The van der Waals surface area contributed by atoms with Crippen LogP contribution in [-0.2, 0) is 20.5 Å². The van der Waals surface area contributed by atoms with E-state index in [0.717, 1.165) is 55.1 Å². The molecule has 0 bridgehead atoms. The van der Waals surface area contributed by atoms with Gasteiger partial charge in [0.15, 0.2) is 0 Å². The summed E-state index contributed by atoms with van der Waals surface area (Å²) in [4.78, 5) is 28.1. The summed E-state index contributed by atoms with van der Waals surface area (Å²) in [5, 5.41) is 0. The van der Waals surface area contributed by atoms with E-state index in [1.807, 2.05) is 0 Å². The summed E-state index contributed by atoms with van der Waals surface area (Å²) in [6.07, 6.45) is 0.402. The molecule has 2 atom stereocenters. The smallest absolute Gasteiger partial charge is 0.370 e. The van der Waals surface area contributed by atoms with Crippen molar-refractivity contribution in [3.05, 3.63) is 41.6 Å². The molecule has 5 nitrogen and oxygen atoms in total. The summed E-state index contributed by atoms with van der Waals surface area (Å²) in [6.45, 7) is 2.98. The van der Waals surface area contributed by atoms with Crippen LogP contribution in [0.3, 0.4) is 0 Å². The van der Waals surface area contributed by atoms with Gasteiger partial charge in [0, 0.05) is 12.3 Å². The van der Waals surface area contributed by atoms with Crippen LogP contribution in [0, 0.1) is 11.8 Å². The fraction of sp³-hybridized carbons (Fsp3) is 0.524. The summed E-state index contributed by atoms with van der Waals surface area (Å²) >= 11 is 0. The molecule has 2 amide bonds. The first kappa shape index (κ1) is 20.1. The molecule has 29 heavy (non-hydrogen) atoms. The summed E-state index contributed by atoms with van der Waals surface area (Å²) in [5.41, 5.74) is 0.295. The lowest BCUT2D eigenvalue weighted by atomic mass is 9.80. The molecule has 8 heteroatoms. The van der Waals surface area contributed by atoms with Gasteiger partial charge in [-0.05, 0) is 43.5 Å². The number of nitrogens with zero attached hydrogens (tertiary/aromatic N) is 1. The maximum atomic E-state index is 13.2. The van der Waals surface area contributed by atoms with Crippen molar-refractivity contribution in [3.8, 4) is 0 Å². The van der Waals surface area contributed by atoms with Crippen molar-refractivity contribution in [2.45, 2.75) is 31.9 Å². The van der Waals surface area contributed by atoms with Crippen molar-refractivity contribution in [2.75, 3.05) is 31.2 Å². The van der Waals surface area contributed by atoms with Crippen molar-refractivity contribution in [1.29, 1.82) is 0 Å². The summed E-state index contributed by atoms with van der Waals surface area (Å²) in [5.74, 6) is -1.39. The molecular weight excluding hydrogens is 385 g/mol. The molecule has 1 aliphatic carbocycles. The van der Waals surface area contributed by atoms with Crippen LogP contribution < -0.4 is 9.80 Å². The zero-order chi connectivity index (χ0) is 20.6. The fourth-order valence-electron chi connectivity index (χ4n) is 4.70. The van der Waals surface area contributed by atoms with Crippen LogP contribution >= 0.6 is 0 Å². The molecule has 0 unspecified atom stereocenters. The molecule has 2 saturated heterocycles. The fourth-order valence-corrected chi connectivity index (χ4v) is 4.70. The topological polar surface area (TPSA) is 51.1 Å². The van der Waals surface area contributed by atoms with Crippen molar-refractivity contribution in [2.24, 2.45) is 11.8 Å². The van der Waals surface area contributed by atoms with Gasteiger partial charge in [-0.3, -0.25) is 14.5 Å². The molecule has 156 valence electrons. The van der Waals surface area contributed by atoms with Crippen LogP contribution in [0.5, 0.6) is 0 Å². The van der Waals surface area contributed by atoms with Crippen molar-refractivity contribution >= 4 is 17.5 Å². The molecule has 1 aromatic rings. The molecule has 0 aromatic heterocycles. The molecule has 2 aliphatic heterocycles. The van der Waals surface area contributed by atoms with E-state index in [9.17, 15) is 22.8 Å². The van der Waals surface area contributed by atoms with Gasteiger partial charge in [-0.2, -0.15) is 13.2 Å². The minimum atomic E-state index is -4.53. The summed E-state index contributed by atoms with van der Waals surface area (Å²) in [6, 6.07) is 4.44. The van der Waals surface area contributed by atoms with E-state index >= 15 is 0 Å². The molecule has 1 aromatic carbocycles. The van der Waals surface area contributed by atoms with Gasteiger partial charge in [-0.1, -0.05) is 6.07 Å². The number of alkyl halides is 3. The highest BCUT2D eigenvalue weighted by Crippen LogP contribution is 2.39. The average Bonchev–Trinajstić information content (AvgIpc) is 3.02. The Bertz CT molecular complexity index is 831. The first-order chi connectivity index (χ1) is 13.9. The Kier molecular flexibility index (Phi) is 5.48. The number of nitrogens with one attached hydrogen (secondary N) is 1. The van der Waals surface area contributed by atoms with Crippen LogP contribution in [-0.4, -0.2) is 38.1 Å². The minimum Gasteiger partial charge on any atom is -0.370 e. The predicted molar refractivity (Wildman–Crippen MR) is 99.0 cm³/mol. The number of hydrogen-bond acceptors (Lipinski definition) is 3. The number of imide groups is 1. The summed E-state index contributed by atoms with van der Waals surface area (Å²) in [7, 11) is 0. The van der Waals surface area contributed by atoms with E-state index in [4.69, 9.17) is 4.74 Å². The van der Waals surface area contributed by atoms with E-state index in [-0.39, 0.29) is 23.9 Å². The highest BCUT2D eigenvalue weighted by atomic mass is 19.4. The molecule has 3 aliphatic rings. The number of quaternary nitrogens is 1. The van der Waals surface area contributed by atoms with E-state index in [1.165, 1.54) is 17.0 Å². The number of morpholine rings is 1. The van der Waals surface area contributed by atoms with Crippen LogP contribution in [0.25, 0.3) is 0 Å². The molecule has 0 spiro atoms. The lowest BCUT2D eigenvalue weighted by Gasteiger charge is -2.34. The molecule has 4 rings (SSSR count). The Labute approximate surface area is 167 Å². The Morgan fingerprint density at radius 1 is 1.10 bits per heavy atom. The minimum absolute atomic E-state index is 0.00242. The number of hydrogen-bond donors (Lipinski definition) is 1. The van der Waals surface area contributed by atoms with Gasteiger partial charge >= 0.3 is 6.18 Å². The maximum absolute atomic E-state index is 13.2. The zero-order valence-corrected chi connectivity index (χ0v) is 16.0. The second-order valence-corrected chi connectivity index (χ2v) is 7.84. The molecular formula is C21H24F3N2O3+. The molecule has 2 heterocycles. The molecule has 1 N–H and O–H groups in total. The third-order valence-corrected chi connectivity index (χ3v) is 6.09. The average molecular weight is 409 g/mol. The van der Waals surface area contributed by atoms with Crippen molar-refractivity contribution in [1.82, 2.24) is 0 Å². The quantitative estimate of drug-likeness (QED) is 0.779. The number of allylic oxidation sites excluding steroid dienone is 2. The lowest BCUT2D eigenvalue weighted by Crippen LogP contribution is -3.13. The van der Waals surface area contributed by atoms with Gasteiger partial charge in [0.1, 0.15) is 18.8 Å². The third-order valence-electron chi connectivity index (χ3n) is 6.09. The number of carbonyl (C=O) groups excluding carboxylic acids is 2. The van der Waals surface area contributed by atoms with Crippen LogP contribution in [0.1, 0.15) is 31.2 Å². The highest BCUT2D eigenvalue weighted by Gasteiger charge is 2.47. The van der Waals surface area contributed by atoms with Gasteiger partial charge in [0.2, 0.25) is 11.8 Å². The monoisotopic (exact) mass is 409 g/mol. The number of halogens is 3. The largest absolute Gasteiger partial charge is 0.416 e. The Morgan fingerprint density at radius 2 is 1.86 bits per heavy atom. The molecule has 0 radical (unpaired) electrons. The zero-order valence-electron chi connectivity index (χ0n) is 16.0. The van der Waals surface area contributed by atoms with Crippen LogP contribution in [0.15, 0.2) is 36.0 Å². The predicted octanol–water partition coefficient (Wildman–Crippen LogP) is 2.18. The first-order valence-corrected chi connectivity index (χ1v) is 10.0. The SMILES string of the molecule is O=C1C[C@H]([C@@H]2CCCC=C2[NH+]2CCOCC2)C(=O)N1c1cccc(C(F)(F)F)c1. The van der Waals surface area contributed by atoms with Crippen molar-refractivity contribution in [3.63, 3.8) is 0 Å². The summed E-state index contributed by atoms with van der Waals surface area (Å²) < 4.78 is 44.6. The highest BCUT2D eigenvalue weighted by molar-refractivity contribution is 6.21. The van der Waals surface area contributed by atoms with Gasteiger partial charge in [-0.15, -0.1) is 0 Å². The van der Waals surface area contributed by atoms with Gasteiger partial charge in [0.05, 0.1) is 30.4 Å². The number of rotatable bonds is 3. The van der Waals surface area contributed by atoms with E-state index in [1.54, 1.807) is 0 Å². The van der Waals surface area contributed by atoms with Gasteiger partial charge in [-0.25, -0.2) is 0 Å². The first-order valence-electron chi connectivity index (χ1n) is 10.0. The Hall–Kier alpha value is -2.19. The number of benzene rings is 1. The number of anilines is 1. The number of ether oxygens (including phenoxy) is 1. The van der Waals surface area contributed by atoms with E-state index in [2.05, 4.69) is 6.08 Å². The van der Waals surface area contributed by atoms with Gasteiger partial charge < -0.3 is 9.64 Å². The number of carbonyl (C=O) groups is 2. The lowest BCUT2D eigenvalue weighted by molar-refractivity contribution is -0.874.